The van der Waals surface area contributed by atoms with Gasteiger partial charge < -0.3 is 13.8 Å². The lowest BCUT2D eigenvalue weighted by Gasteiger charge is -2.43. The van der Waals surface area contributed by atoms with Gasteiger partial charge >= 0.3 is 6.85 Å². The molecule has 0 bridgehead atoms. The van der Waals surface area contributed by atoms with E-state index in [0.29, 0.717) is 0 Å². The molecule has 0 saturated carbocycles. The highest BCUT2D eigenvalue weighted by atomic mass is 16.3. The van der Waals surface area contributed by atoms with Crippen LogP contribution < -0.4 is 15.7 Å². The normalized spacial score (nSPS) is 13.1. The predicted molar refractivity (Wildman–Crippen MR) is 193 cm³/mol. The molecule has 4 heterocycles. The quantitative estimate of drug-likeness (QED) is 0.179. The zero-order chi connectivity index (χ0) is 29.9. The lowest BCUT2D eigenvalue weighted by molar-refractivity contribution is 0.669. The van der Waals surface area contributed by atoms with Gasteiger partial charge in [0.15, 0.2) is 0 Å². The molecule has 0 saturated heterocycles. The van der Waals surface area contributed by atoms with Crippen LogP contribution in [0.1, 0.15) is 0 Å². The average molecular weight is 584 g/mol. The Bertz CT molecular complexity index is 2720. The highest BCUT2D eigenvalue weighted by molar-refractivity contribution is 6.92. The maximum Gasteiger partial charge on any atom is 0.329 e. The molecule has 7 aromatic carbocycles. The molecule has 0 amide bonds. The van der Waals surface area contributed by atoms with Crippen molar-refractivity contribution in [1.82, 2.24) is 4.57 Å². The van der Waals surface area contributed by atoms with E-state index in [2.05, 4.69) is 161 Å². The van der Waals surface area contributed by atoms with E-state index in [-0.39, 0.29) is 6.85 Å². The average Bonchev–Trinajstić information content (AvgIpc) is 3.65. The van der Waals surface area contributed by atoms with Gasteiger partial charge in [0.1, 0.15) is 11.2 Å². The van der Waals surface area contributed by atoms with E-state index in [1.807, 2.05) is 0 Å². The monoisotopic (exact) mass is 584 g/mol. The number of furan rings is 1. The van der Waals surface area contributed by atoms with Crippen LogP contribution in [0.5, 0.6) is 0 Å². The van der Waals surface area contributed by atoms with Crippen LogP contribution in [0.25, 0.3) is 71.7 Å². The molecule has 2 aliphatic heterocycles. The molecule has 0 atom stereocenters. The molecule has 4 heteroatoms. The molecule has 0 N–H and O–H groups in total. The van der Waals surface area contributed by atoms with E-state index >= 15 is 0 Å². The standard InChI is InChI=1S/C42H25BN2O/c1-2-12-26(13-3-1)44-36-20-10-6-17-30(36)32-24-33-40(25-38(32)44)46-39-23-22-31-28-15-5-9-19-35(28)43-34-18-8-4-14-27(34)29-16-7-11-21-37(29)45(43)42(31)41(33)39/h1-25H. The highest BCUT2D eigenvalue weighted by Crippen LogP contribution is 2.51. The van der Waals surface area contributed by atoms with Gasteiger partial charge in [-0.15, -0.1) is 0 Å². The summed E-state index contributed by atoms with van der Waals surface area (Å²) in [5, 5.41) is 4.77. The summed E-state index contributed by atoms with van der Waals surface area (Å²) >= 11 is 0. The van der Waals surface area contributed by atoms with Crippen LogP contribution in [-0.2, 0) is 0 Å². The molecular formula is C42H25BN2O. The van der Waals surface area contributed by atoms with Crippen molar-refractivity contribution in [3.63, 3.8) is 0 Å². The van der Waals surface area contributed by atoms with Crippen molar-refractivity contribution in [3.8, 4) is 27.9 Å². The summed E-state index contributed by atoms with van der Waals surface area (Å²) in [6.07, 6.45) is 0. The van der Waals surface area contributed by atoms with Crippen LogP contribution in [0.4, 0.5) is 11.4 Å². The summed E-state index contributed by atoms with van der Waals surface area (Å²) in [6, 6.07) is 55.1. The second kappa shape index (κ2) is 8.80. The van der Waals surface area contributed by atoms with E-state index in [0.717, 1.165) is 27.8 Å². The number of benzene rings is 7. The number of rotatable bonds is 1. The number of nitrogens with zero attached hydrogens (tertiary/aromatic N) is 2. The smallest absolute Gasteiger partial charge is 0.329 e. The summed E-state index contributed by atoms with van der Waals surface area (Å²) < 4.78 is 9.16. The Morgan fingerprint density at radius 3 is 1.96 bits per heavy atom. The van der Waals surface area contributed by atoms with Crippen molar-refractivity contribution < 1.29 is 4.42 Å². The zero-order valence-electron chi connectivity index (χ0n) is 24.8. The van der Waals surface area contributed by atoms with Gasteiger partial charge in [-0.05, 0) is 64.5 Å². The molecule has 2 aromatic heterocycles. The molecule has 9 aromatic rings. The summed E-state index contributed by atoms with van der Waals surface area (Å²) in [5.41, 5.74) is 15.5. The van der Waals surface area contributed by atoms with Gasteiger partial charge in [0, 0.05) is 50.4 Å². The van der Waals surface area contributed by atoms with Crippen LogP contribution in [0.3, 0.4) is 0 Å². The van der Waals surface area contributed by atoms with Crippen molar-refractivity contribution >= 4 is 72.9 Å². The summed E-state index contributed by atoms with van der Waals surface area (Å²) in [7, 11) is 0. The number of hydrogen-bond donors (Lipinski definition) is 0. The molecule has 0 fully saturated rings. The number of para-hydroxylation sites is 3. The van der Waals surface area contributed by atoms with Crippen molar-refractivity contribution in [2.45, 2.75) is 0 Å². The molecule has 2 aliphatic rings. The lowest BCUT2D eigenvalue weighted by atomic mass is 9.43. The van der Waals surface area contributed by atoms with Crippen LogP contribution >= 0.6 is 0 Å². The topological polar surface area (TPSA) is 21.3 Å². The maximum absolute atomic E-state index is 6.80. The zero-order valence-corrected chi connectivity index (χ0v) is 24.8. The highest BCUT2D eigenvalue weighted by Gasteiger charge is 2.43. The van der Waals surface area contributed by atoms with E-state index < -0.39 is 0 Å². The largest absolute Gasteiger partial charge is 0.456 e. The minimum absolute atomic E-state index is 0.0501. The second-order valence-corrected chi connectivity index (χ2v) is 12.5. The molecule has 3 nitrogen and oxygen atoms in total. The van der Waals surface area contributed by atoms with Gasteiger partial charge in [0.2, 0.25) is 0 Å². The van der Waals surface area contributed by atoms with Gasteiger partial charge in [-0.2, -0.15) is 0 Å². The van der Waals surface area contributed by atoms with Crippen molar-refractivity contribution in [2.75, 3.05) is 4.81 Å². The van der Waals surface area contributed by atoms with Crippen LogP contribution in [0.2, 0.25) is 0 Å². The fourth-order valence-corrected chi connectivity index (χ4v) is 8.34. The van der Waals surface area contributed by atoms with E-state index in [1.54, 1.807) is 0 Å². The van der Waals surface area contributed by atoms with Crippen LogP contribution in [0.15, 0.2) is 156 Å². The van der Waals surface area contributed by atoms with Crippen molar-refractivity contribution in [2.24, 2.45) is 0 Å². The van der Waals surface area contributed by atoms with Crippen LogP contribution in [0, 0.1) is 0 Å². The van der Waals surface area contributed by atoms with Gasteiger partial charge in [-0.1, -0.05) is 103 Å². The second-order valence-electron chi connectivity index (χ2n) is 12.5. The van der Waals surface area contributed by atoms with Crippen molar-refractivity contribution in [3.05, 3.63) is 152 Å². The predicted octanol–water partition coefficient (Wildman–Crippen LogP) is 9.59. The maximum atomic E-state index is 6.80. The molecular weight excluding hydrogens is 559 g/mol. The first-order valence-corrected chi connectivity index (χ1v) is 15.9. The third-order valence-electron chi connectivity index (χ3n) is 10.2. The van der Waals surface area contributed by atoms with Crippen molar-refractivity contribution in [1.29, 1.82) is 0 Å². The molecule has 212 valence electrons. The third kappa shape index (κ3) is 3.03. The molecule has 0 aliphatic carbocycles. The number of anilines is 2. The Kier molecular flexibility index (Phi) is 4.66. The molecule has 46 heavy (non-hydrogen) atoms. The Labute approximate surface area is 265 Å². The van der Waals surface area contributed by atoms with E-state index in [1.165, 1.54) is 66.2 Å². The Morgan fingerprint density at radius 1 is 0.457 bits per heavy atom. The molecule has 11 rings (SSSR count). The lowest BCUT2D eigenvalue weighted by Crippen LogP contribution is -2.59. The van der Waals surface area contributed by atoms with E-state index in [4.69, 9.17) is 4.42 Å². The van der Waals surface area contributed by atoms with Gasteiger partial charge in [0.25, 0.3) is 0 Å². The summed E-state index contributed by atoms with van der Waals surface area (Å²) in [5.74, 6) is 0. The third-order valence-corrected chi connectivity index (χ3v) is 10.2. The van der Waals surface area contributed by atoms with Gasteiger partial charge in [0.05, 0.1) is 16.4 Å². The van der Waals surface area contributed by atoms with Crippen LogP contribution in [-0.4, -0.2) is 11.4 Å². The summed E-state index contributed by atoms with van der Waals surface area (Å²) in [6.45, 7) is 0.0501. The Morgan fingerprint density at radius 2 is 1.13 bits per heavy atom. The number of aromatic nitrogens is 1. The fourth-order valence-electron chi connectivity index (χ4n) is 8.34. The first-order chi connectivity index (χ1) is 22.8. The Balaban J connectivity index is 1.29. The van der Waals surface area contributed by atoms with E-state index in [9.17, 15) is 0 Å². The SMILES string of the molecule is c1ccc(-n2c3ccccc3c3cc4c(cc32)oc2ccc3c(c24)N2B(c4ccccc4-c4ccccc42)c2ccccc2-3)cc1. The number of hydrogen-bond acceptors (Lipinski definition) is 2. The molecule has 0 radical (unpaired) electrons. The number of fused-ring (bicyclic) bond motifs is 18. The van der Waals surface area contributed by atoms with Gasteiger partial charge in [-0.3, -0.25) is 0 Å². The first-order valence-electron chi connectivity index (χ1n) is 15.9. The summed E-state index contributed by atoms with van der Waals surface area (Å²) in [4.78, 5) is 2.59. The molecule has 0 unspecified atom stereocenters. The minimum atomic E-state index is 0.0501. The minimum Gasteiger partial charge on any atom is -0.456 e. The van der Waals surface area contributed by atoms with Gasteiger partial charge in [-0.25, -0.2) is 0 Å². The first kappa shape index (κ1) is 24.3. The molecule has 0 spiro atoms. The fraction of sp³-hybridized carbons (Fsp3) is 0. The Hall–Kier alpha value is -6.00.